The summed E-state index contributed by atoms with van der Waals surface area (Å²) in [7, 11) is 1.57. The van der Waals surface area contributed by atoms with E-state index in [9.17, 15) is 14.7 Å². The summed E-state index contributed by atoms with van der Waals surface area (Å²) in [5.74, 6) is 0.427. The Morgan fingerprint density at radius 2 is 1.47 bits per heavy atom. The minimum atomic E-state index is -0.290. The number of hydrogen-bond acceptors (Lipinski definition) is 4. The minimum Gasteiger partial charge on any atom is -0.506 e. The van der Waals surface area contributed by atoms with Crippen LogP contribution in [0.5, 0.6) is 11.5 Å². The van der Waals surface area contributed by atoms with E-state index in [0.717, 1.165) is 5.56 Å². The number of rotatable bonds is 4. The van der Waals surface area contributed by atoms with Crippen LogP contribution in [0.25, 0.3) is 11.1 Å². The Bertz CT molecular complexity index is 586. The molecule has 0 aliphatic rings. The first-order valence-electron chi connectivity index (χ1n) is 5.61. The fourth-order valence-corrected chi connectivity index (χ4v) is 1.81. The molecule has 0 heterocycles. The van der Waals surface area contributed by atoms with E-state index in [1.807, 2.05) is 12.1 Å². The average molecular weight is 256 g/mol. The standard InChI is InChI=1S/C15H12O4/c1-19-14-4-2-10(3-5-14)11-6-12(8-16)15(18)13(7-11)9-17/h2-9,18H,1H3. The van der Waals surface area contributed by atoms with E-state index in [0.29, 0.717) is 23.9 Å². The predicted octanol–water partition coefficient (Wildman–Crippen LogP) is 2.69. The van der Waals surface area contributed by atoms with E-state index in [1.165, 1.54) is 12.1 Å². The molecule has 0 radical (unpaired) electrons. The Morgan fingerprint density at radius 3 is 1.89 bits per heavy atom. The fraction of sp³-hybridized carbons (Fsp3) is 0.0667. The van der Waals surface area contributed by atoms with Crippen molar-refractivity contribution in [2.45, 2.75) is 0 Å². The third-order valence-corrected chi connectivity index (χ3v) is 2.85. The molecule has 1 N–H and O–H groups in total. The summed E-state index contributed by atoms with van der Waals surface area (Å²) in [6.07, 6.45) is 1.05. The van der Waals surface area contributed by atoms with Crippen molar-refractivity contribution in [2.24, 2.45) is 0 Å². The number of aromatic hydroxyl groups is 1. The highest BCUT2D eigenvalue weighted by Gasteiger charge is 2.10. The molecule has 0 bridgehead atoms. The fourth-order valence-electron chi connectivity index (χ4n) is 1.81. The monoisotopic (exact) mass is 256 g/mol. The van der Waals surface area contributed by atoms with Crippen LogP contribution in [0.4, 0.5) is 0 Å². The molecular weight excluding hydrogens is 244 g/mol. The van der Waals surface area contributed by atoms with Crippen LogP contribution in [0, 0.1) is 0 Å². The molecule has 4 nitrogen and oxygen atoms in total. The van der Waals surface area contributed by atoms with Gasteiger partial charge in [0, 0.05) is 0 Å². The molecule has 0 unspecified atom stereocenters. The molecule has 0 atom stereocenters. The second kappa shape index (κ2) is 5.35. The summed E-state index contributed by atoms with van der Waals surface area (Å²) in [6, 6.07) is 10.3. The van der Waals surface area contributed by atoms with Crippen molar-refractivity contribution in [2.75, 3.05) is 7.11 Å². The van der Waals surface area contributed by atoms with E-state index >= 15 is 0 Å². The minimum absolute atomic E-state index is 0.0930. The second-order valence-electron chi connectivity index (χ2n) is 3.97. The summed E-state index contributed by atoms with van der Waals surface area (Å²) >= 11 is 0. The van der Waals surface area contributed by atoms with Crippen molar-refractivity contribution in [3.63, 3.8) is 0 Å². The topological polar surface area (TPSA) is 63.6 Å². The number of phenolic OH excluding ortho intramolecular Hbond substituents is 1. The molecular formula is C15H12O4. The predicted molar refractivity (Wildman–Crippen MR) is 70.9 cm³/mol. The van der Waals surface area contributed by atoms with Gasteiger partial charge < -0.3 is 9.84 Å². The summed E-state index contributed by atoms with van der Waals surface area (Å²) in [5.41, 5.74) is 1.70. The molecule has 19 heavy (non-hydrogen) atoms. The molecule has 0 aromatic heterocycles. The molecule has 4 heteroatoms. The summed E-state index contributed by atoms with van der Waals surface area (Å²) in [4.78, 5) is 21.8. The molecule has 0 amide bonds. The molecule has 0 saturated heterocycles. The Morgan fingerprint density at radius 1 is 0.947 bits per heavy atom. The number of methoxy groups -OCH3 is 1. The average Bonchev–Trinajstić information content (AvgIpc) is 2.47. The molecule has 0 aliphatic carbocycles. The molecule has 2 aromatic carbocycles. The van der Waals surface area contributed by atoms with Gasteiger partial charge in [-0.3, -0.25) is 9.59 Å². The number of benzene rings is 2. The van der Waals surface area contributed by atoms with Gasteiger partial charge in [0.05, 0.1) is 18.2 Å². The molecule has 0 saturated carbocycles. The maximum Gasteiger partial charge on any atom is 0.153 e. The van der Waals surface area contributed by atoms with Gasteiger partial charge in [0.2, 0.25) is 0 Å². The first-order valence-corrected chi connectivity index (χ1v) is 5.61. The van der Waals surface area contributed by atoms with Crippen LogP contribution in [0.2, 0.25) is 0 Å². The van der Waals surface area contributed by atoms with Gasteiger partial charge in [-0.05, 0) is 35.4 Å². The number of phenols is 1. The molecule has 2 aromatic rings. The Balaban J connectivity index is 2.54. The van der Waals surface area contributed by atoms with E-state index in [2.05, 4.69) is 0 Å². The van der Waals surface area contributed by atoms with Gasteiger partial charge in [-0.15, -0.1) is 0 Å². The van der Waals surface area contributed by atoms with Crippen LogP contribution in [0.15, 0.2) is 36.4 Å². The van der Waals surface area contributed by atoms with Crippen molar-refractivity contribution in [3.05, 3.63) is 47.5 Å². The smallest absolute Gasteiger partial charge is 0.153 e. The van der Waals surface area contributed by atoms with Crippen molar-refractivity contribution < 1.29 is 19.4 Å². The van der Waals surface area contributed by atoms with Gasteiger partial charge in [0.25, 0.3) is 0 Å². The van der Waals surface area contributed by atoms with Gasteiger partial charge in [0.15, 0.2) is 12.6 Å². The third kappa shape index (κ3) is 2.47. The largest absolute Gasteiger partial charge is 0.506 e. The van der Waals surface area contributed by atoms with Crippen molar-refractivity contribution >= 4 is 12.6 Å². The number of carbonyl (C=O) groups is 2. The highest BCUT2D eigenvalue weighted by molar-refractivity contribution is 5.91. The van der Waals surface area contributed by atoms with Gasteiger partial charge in [-0.2, -0.15) is 0 Å². The van der Waals surface area contributed by atoms with Crippen LogP contribution in [-0.4, -0.2) is 24.8 Å². The lowest BCUT2D eigenvalue weighted by Crippen LogP contribution is -1.91. The van der Waals surface area contributed by atoms with Gasteiger partial charge >= 0.3 is 0 Å². The van der Waals surface area contributed by atoms with Crippen LogP contribution in [0.1, 0.15) is 20.7 Å². The lowest BCUT2D eigenvalue weighted by Gasteiger charge is -2.07. The first-order chi connectivity index (χ1) is 9.19. The van der Waals surface area contributed by atoms with E-state index in [1.54, 1.807) is 19.2 Å². The SMILES string of the molecule is COc1ccc(-c2cc(C=O)c(O)c(C=O)c2)cc1. The number of aldehydes is 2. The molecule has 0 spiro atoms. The first kappa shape index (κ1) is 12.8. The lowest BCUT2D eigenvalue weighted by atomic mass is 9.99. The summed E-state index contributed by atoms with van der Waals surface area (Å²) in [6.45, 7) is 0. The second-order valence-corrected chi connectivity index (χ2v) is 3.97. The van der Waals surface area contributed by atoms with Crippen molar-refractivity contribution in [1.82, 2.24) is 0 Å². The van der Waals surface area contributed by atoms with Crippen LogP contribution in [-0.2, 0) is 0 Å². The highest BCUT2D eigenvalue weighted by Crippen LogP contribution is 2.29. The maximum absolute atomic E-state index is 10.9. The third-order valence-electron chi connectivity index (χ3n) is 2.85. The van der Waals surface area contributed by atoms with Crippen LogP contribution >= 0.6 is 0 Å². The molecule has 96 valence electrons. The Labute approximate surface area is 110 Å². The van der Waals surface area contributed by atoms with Crippen LogP contribution in [0.3, 0.4) is 0 Å². The van der Waals surface area contributed by atoms with Crippen LogP contribution < -0.4 is 4.74 Å². The van der Waals surface area contributed by atoms with Gasteiger partial charge in [-0.1, -0.05) is 12.1 Å². The summed E-state index contributed by atoms with van der Waals surface area (Å²) in [5, 5.41) is 9.66. The zero-order valence-electron chi connectivity index (χ0n) is 10.3. The maximum atomic E-state index is 10.9. The lowest BCUT2D eigenvalue weighted by molar-refractivity contribution is 0.112. The van der Waals surface area contributed by atoms with E-state index in [4.69, 9.17) is 4.74 Å². The van der Waals surface area contributed by atoms with E-state index in [-0.39, 0.29) is 16.9 Å². The zero-order valence-corrected chi connectivity index (χ0v) is 10.3. The number of ether oxygens (including phenoxy) is 1. The Hall–Kier alpha value is -2.62. The van der Waals surface area contributed by atoms with Crippen molar-refractivity contribution in [3.8, 4) is 22.6 Å². The molecule has 2 rings (SSSR count). The van der Waals surface area contributed by atoms with Crippen molar-refractivity contribution in [1.29, 1.82) is 0 Å². The molecule has 0 fully saturated rings. The van der Waals surface area contributed by atoms with Gasteiger partial charge in [0.1, 0.15) is 11.5 Å². The summed E-state index contributed by atoms with van der Waals surface area (Å²) < 4.78 is 5.06. The Kier molecular flexibility index (Phi) is 3.61. The highest BCUT2D eigenvalue weighted by atomic mass is 16.5. The number of carbonyl (C=O) groups excluding carboxylic acids is 2. The van der Waals surface area contributed by atoms with Gasteiger partial charge in [-0.25, -0.2) is 0 Å². The quantitative estimate of drug-likeness (QED) is 0.854. The molecule has 0 aliphatic heterocycles. The van der Waals surface area contributed by atoms with E-state index < -0.39 is 0 Å². The zero-order chi connectivity index (χ0) is 13.8. The number of hydrogen-bond donors (Lipinski definition) is 1. The normalized spacial score (nSPS) is 9.95.